The summed E-state index contributed by atoms with van der Waals surface area (Å²) in [5.41, 5.74) is 0.968. The highest BCUT2D eigenvalue weighted by molar-refractivity contribution is 14.0. The zero-order valence-electron chi connectivity index (χ0n) is 15.8. The van der Waals surface area contributed by atoms with Gasteiger partial charge in [0.2, 0.25) is 0 Å². The maximum absolute atomic E-state index is 5.45. The molecule has 25 heavy (non-hydrogen) atoms. The highest BCUT2D eigenvalue weighted by atomic mass is 127. The van der Waals surface area contributed by atoms with Crippen molar-refractivity contribution in [3.8, 4) is 17.2 Å². The van der Waals surface area contributed by atoms with Crippen molar-refractivity contribution in [2.24, 2.45) is 4.99 Å². The summed E-state index contributed by atoms with van der Waals surface area (Å²) in [5, 5.41) is 3.35. The molecule has 1 aromatic rings. The van der Waals surface area contributed by atoms with E-state index in [1.807, 2.05) is 25.3 Å². The molecule has 1 rings (SSSR count). The number of hydrogen-bond donors (Lipinski definition) is 1. The van der Waals surface area contributed by atoms with Crippen molar-refractivity contribution >= 4 is 29.9 Å². The minimum absolute atomic E-state index is 0. The van der Waals surface area contributed by atoms with Gasteiger partial charge in [-0.3, -0.25) is 4.99 Å². The van der Waals surface area contributed by atoms with Gasteiger partial charge in [0.25, 0.3) is 0 Å². The molecule has 142 valence electrons. The van der Waals surface area contributed by atoms with Gasteiger partial charge in [0.15, 0.2) is 17.5 Å². The van der Waals surface area contributed by atoms with Crippen LogP contribution >= 0.6 is 24.0 Å². The summed E-state index contributed by atoms with van der Waals surface area (Å²) >= 11 is 0. The molecule has 0 aromatic heterocycles. The first-order chi connectivity index (χ1) is 11.6. The average Bonchev–Trinajstić information content (AvgIpc) is 2.61. The number of nitrogens with one attached hydrogen (secondary N) is 1. The number of benzene rings is 1. The Labute approximate surface area is 168 Å². The van der Waals surface area contributed by atoms with E-state index in [0.717, 1.165) is 36.7 Å². The van der Waals surface area contributed by atoms with Gasteiger partial charge in [-0.25, -0.2) is 0 Å². The van der Waals surface area contributed by atoms with Gasteiger partial charge >= 0.3 is 0 Å². The molecule has 0 saturated heterocycles. The third-order valence-electron chi connectivity index (χ3n) is 3.70. The predicted octanol–water partition coefficient (Wildman–Crippen LogP) is 3.30. The minimum atomic E-state index is 0. The summed E-state index contributed by atoms with van der Waals surface area (Å²) in [5.74, 6) is 2.88. The summed E-state index contributed by atoms with van der Waals surface area (Å²) in [4.78, 5) is 6.42. The van der Waals surface area contributed by atoms with E-state index in [1.165, 1.54) is 0 Å². The fraction of sp³-hybridized carbons (Fsp3) is 0.500. The van der Waals surface area contributed by atoms with Crippen molar-refractivity contribution in [3.63, 3.8) is 0 Å². The summed E-state index contributed by atoms with van der Waals surface area (Å²) in [6, 6.07) is 3.74. The highest BCUT2D eigenvalue weighted by Crippen LogP contribution is 2.34. The summed E-state index contributed by atoms with van der Waals surface area (Å²) in [6.45, 7) is 5.23. The summed E-state index contributed by atoms with van der Waals surface area (Å²) in [6.07, 6.45) is 3.96. The van der Waals surface area contributed by atoms with Crippen LogP contribution in [0.5, 0.6) is 17.2 Å². The lowest BCUT2D eigenvalue weighted by atomic mass is 10.1. The molecule has 0 amide bonds. The molecule has 6 nitrogen and oxygen atoms in total. The number of allylic oxidation sites excluding steroid dienone is 1. The molecular weight excluding hydrogens is 433 g/mol. The molecule has 0 unspecified atom stereocenters. The van der Waals surface area contributed by atoms with E-state index < -0.39 is 0 Å². The van der Waals surface area contributed by atoms with E-state index in [1.54, 1.807) is 28.4 Å². The number of aliphatic imine (C=N–C) groups is 1. The molecule has 0 spiro atoms. The Morgan fingerprint density at radius 2 is 1.76 bits per heavy atom. The highest BCUT2D eigenvalue weighted by Gasteiger charge is 2.13. The van der Waals surface area contributed by atoms with Crippen molar-refractivity contribution in [1.82, 2.24) is 10.2 Å². The molecule has 0 fully saturated rings. The van der Waals surface area contributed by atoms with Crippen molar-refractivity contribution < 1.29 is 14.2 Å². The number of guanidine groups is 1. The van der Waals surface area contributed by atoms with E-state index in [2.05, 4.69) is 21.8 Å². The molecule has 0 aliphatic carbocycles. The molecule has 1 N–H and O–H groups in total. The van der Waals surface area contributed by atoms with Crippen LogP contribution < -0.4 is 19.5 Å². The van der Waals surface area contributed by atoms with Crippen molar-refractivity contribution in [1.29, 1.82) is 0 Å². The number of unbranched alkanes of at least 4 members (excludes halogenated alkanes) is 1. The van der Waals surface area contributed by atoms with Crippen LogP contribution in [0.1, 0.15) is 18.4 Å². The molecular formula is C18H30IN3O3. The van der Waals surface area contributed by atoms with Crippen molar-refractivity contribution in [3.05, 3.63) is 30.4 Å². The molecule has 0 radical (unpaired) electrons. The second kappa shape index (κ2) is 12.7. The van der Waals surface area contributed by atoms with Crippen LogP contribution in [-0.4, -0.2) is 52.8 Å². The number of ether oxygens (including phenoxy) is 3. The zero-order valence-corrected chi connectivity index (χ0v) is 18.1. The Kier molecular flexibility index (Phi) is 11.9. The number of methoxy groups -OCH3 is 3. The average molecular weight is 463 g/mol. The SMILES string of the molecule is C=CCCCN(C)C(=NC)NCc1cc(OC)c(OC)cc1OC.I. The zero-order chi connectivity index (χ0) is 17.9. The van der Waals surface area contributed by atoms with Crippen LogP contribution in [0, 0.1) is 0 Å². The van der Waals surface area contributed by atoms with Crippen LogP contribution in [-0.2, 0) is 6.54 Å². The van der Waals surface area contributed by atoms with Gasteiger partial charge in [-0.15, -0.1) is 30.6 Å². The van der Waals surface area contributed by atoms with E-state index in [9.17, 15) is 0 Å². The molecule has 0 atom stereocenters. The Hall–Kier alpha value is -1.64. The van der Waals surface area contributed by atoms with Gasteiger partial charge in [-0.1, -0.05) is 6.08 Å². The van der Waals surface area contributed by atoms with E-state index in [0.29, 0.717) is 18.0 Å². The smallest absolute Gasteiger partial charge is 0.193 e. The number of halogens is 1. The van der Waals surface area contributed by atoms with Crippen molar-refractivity contribution in [2.75, 3.05) is 42.0 Å². The first kappa shape index (κ1) is 23.4. The lowest BCUT2D eigenvalue weighted by Crippen LogP contribution is -2.39. The van der Waals surface area contributed by atoms with Gasteiger partial charge in [0, 0.05) is 38.8 Å². The minimum Gasteiger partial charge on any atom is -0.496 e. The molecule has 7 heteroatoms. The monoisotopic (exact) mass is 463 g/mol. The summed E-state index contributed by atoms with van der Waals surface area (Å²) < 4.78 is 16.1. The number of hydrogen-bond acceptors (Lipinski definition) is 4. The first-order valence-corrected chi connectivity index (χ1v) is 7.92. The van der Waals surface area contributed by atoms with E-state index in [-0.39, 0.29) is 24.0 Å². The summed E-state index contributed by atoms with van der Waals surface area (Å²) in [7, 11) is 8.66. The molecule has 0 heterocycles. The molecule has 0 saturated carbocycles. The Bertz CT molecular complexity index is 565. The van der Waals surface area contributed by atoms with Gasteiger partial charge in [-0.2, -0.15) is 0 Å². The van der Waals surface area contributed by atoms with Gasteiger partial charge in [-0.05, 0) is 18.9 Å². The van der Waals surface area contributed by atoms with Crippen LogP contribution in [0.3, 0.4) is 0 Å². The number of nitrogens with zero attached hydrogens (tertiary/aromatic N) is 2. The Balaban J connectivity index is 0.00000576. The topological polar surface area (TPSA) is 55.3 Å². The third-order valence-corrected chi connectivity index (χ3v) is 3.70. The normalized spacial score (nSPS) is 10.5. The molecule has 0 aliphatic rings. The molecule has 0 aliphatic heterocycles. The van der Waals surface area contributed by atoms with E-state index in [4.69, 9.17) is 14.2 Å². The maximum atomic E-state index is 5.45. The second-order valence-corrected chi connectivity index (χ2v) is 5.27. The standard InChI is InChI=1S/C18H29N3O3.HI/c1-7-8-9-10-21(3)18(19-2)20-13-14-11-16(23-5)17(24-6)12-15(14)22-4;/h7,11-12H,1,8-10,13H2,2-6H3,(H,19,20);1H. The fourth-order valence-electron chi connectivity index (χ4n) is 2.37. The van der Waals surface area contributed by atoms with Gasteiger partial charge < -0.3 is 24.4 Å². The lowest BCUT2D eigenvalue weighted by Gasteiger charge is -2.22. The fourth-order valence-corrected chi connectivity index (χ4v) is 2.37. The Morgan fingerprint density at radius 1 is 1.16 bits per heavy atom. The van der Waals surface area contributed by atoms with Crippen LogP contribution in [0.15, 0.2) is 29.8 Å². The largest absolute Gasteiger partial charge is 0.496 e. The number of rotatable bonds is 9. The Morgan fingerprint density at radius 3 is 2.28 bits per heavy atom. The third kappa shape index (κ3) is 7.01. The van der Waals surface area contributed by atoms with Crippen LogP contribution in [0.4, 0.5) is 0 Å². The molecule has 0 bridgehead atoms. The van der Waals surface area contributed by atoms with Gasteiger partial charge in [0.05, 0.1) is 21.3 Å². The second-order valence-electron chi connectivity index (χ2n) is 5.27. The van der Waals surface area contributed by atoms with Crippen molar-refractivity contribution in [2.45, 2.75) is 19.4 Å². The quantitative estimate of drug-likeness (QED) is 0.200. The molecule has 1 aromatic carbocycles. The van der Waals surface area contributed by atoms with Crippen LogP contribution in [0.2, 0.25) is 0 Å². The maximum Gasteiger partial charge on any atom is 0.193 e. The predicted molar refractivity (Wildman–Crippen MR) is 114 cm³/mol. The lowest BCUT2D eigenvalue weighted by molar-refractivity contribution is 0.347. The van der Waals surface area contributed by atoms with Crippen LogP contribution in [0.25, 0.3) is 0 Å². The van der Waals surface area contributed by atoms with Gasteiger partial charge in [0.1, 0.15) is 5.75 Å². The van der Waals surface area contributed by atoms with E-state index >= 15 is 0 Å². The first-order valence-electron chi connectivity index (χ1n) is 7.92.